The number of hydrogen-bond donors (Lipinski definition) is 1. The molecule has 1 aromatic heterocycles. The number of nitrogens with zero attached hydrogens (tertiary/aromatic N) is 1. The number of fused-ring (bicyclic) bond motifs is 1. The molecule has 0 spiro atoms. The highest BCUT2D eigenvalue weighted by molar-refractivity contribution is 6.11. The lowest BCUT2D eigenvalue weighted by atomic mass is 10.0. The van der Waals surface area contributed by atoms with Gasteiger partial charge in [-0.2, -0.15) is 8.78 Å². The predicted octanol–water partition coefficient (Wildman–Crippen LogP) is 0.443. The summed E-state index contributed by atoms with van der Waals surface area (Å²) in [5.41, 5.74) is -1.05. The number of rotatable bonds is 0. The smallest absolute Gasteiger partial charge is 0.287 e. The molecule has 0 atom stereocenters. The van der Waals surface area contributed by atoms with Gasteiger partial charge in [0.05, 0.1) is 5.56 Å². The summed E-state index contributed by atoms with van der Waals surface area (Å²) in [6, 6.07) is 2.54. The Bertz CT molecular complexity index is 431. The van der Waals surface area contributed by atoms with Gasteiger partial charge < -0.3 is 0 Å². The van der Waals surface area contributed by atoms with E-state index in [1.54, 1.807) is 5.32 Å². The number of halogens is 2. The first-order chi connectivity index (χ1) is 6.53. The molecule has 0 aliphatic carbocycles. The molecule has 0 radical (unpaired) electrons. The van der Waals surface area contributed by atoms with E-state index >= 15 is 0 Å². The molecule has 1 aliphatic rings. The van der Waals surface area contributed by atoms with Gasteiger partial charge in [0.2, 0.25) is 0 Å². The van der Waals surface area contributed by atoms with Crippen LogP contribution in [0.25, 0.3) is 0 Å². The van der Waals surface area contributed by atoms with Gasteiger partial charge in [0.15, 0.2) is 0 Å². The van der Waals surface area contributed by atoms with E-state index in [1.807, 2.05) is 0 Å². The highest BCUT2D eigenvalue weighted by Gasteiger charge is 2.49. The number of amides is 2. The van der Waals surface area contributed by atoms with Crippen molar-refractivity contribution in [2.45, 2.75) is 5.92 Å². The molecule has 2 amide bonds. The zero-order valence-electron chi connectivity index (χ0n) is 6.75. The molecule has 6 heteroatoms. The molecule has 0 saturated heterocycles. The number of alkyl halides is 2. The Morgan fingerprint density at radius 3 is 2.79 bits per heavy atom. The number of nitrogens with one attached hydrogen (secondary N) is 1. The third kappa shape index (κ3) is 1.00. The second kappa shape index (κ2) is 2.57. The number of carbonyl (C=O) groups excluding carboxylic acids is 2. The predicted molar refractivity (Wildman–Crippen MR) is 40.6 cm³/mol. The standard InChI is InChI=1S/C8H4F2N2O2/c9-8(10)5-4(2-1-3-11-5)6(13)12-7(8)14/h1-3H,(H,12,13,14). The van der Waals surface area contributed by atoms with Gasteiger partial charge in [-0.05, 0) is 12.1 Å². The van der Waals surface area contributed by atoms with Crippen molar-refractivity contribution >= 4 is 11.8 Å². The number of aromatic nitrogens is 1. The first-order valence-electron chi connectivity index (χ1n) is 3.72. The molecule has 0 bridgehead atoms. The molecule has 0 saturated carbocycles. The second-order valence-corrected chi connectivity index (χ2v) is 2.76. The molecule has 14 heavy (non-hydrogen) atoms. The summed E-state index contributed by atoms with van der Waals surface area (Å²) in [6.45, 7) is 0. The Balaban J connectivity index is 2.69. The number of pyridine rings is 1. The van der Waals surface area contributed by atoms with Gasteiger partial charge in [-0.15, -0.1) is 0 Å². The monoisotopic (exact) mass is 198 g/mol. The molecule has 2 heterocycles. The fourth-order valence-electron chi connectivity index (χ4n) is 1.20. The van der Waals surface area contributed by atoms with E-state index in [9.17, 15) is 18.4 Å². The Labute approximate surface area is 76.9 Å². The lowest BCUT2D eigenvalue weighted by molar-refractivity contribution is -0.147. The van der Waals surface area contributed by atoms with Crippen molar-refractivity contribution in [2.24, 2.45) is 0 Å². The molecule has 1 N–H and O–H groups in total. The maximum atomic E-state index is 13.1. The van der Waals surface area contributed by atoms with Crippen molar-refractivity contribution in [2.75, 3.05) is 0 Å². The summed E-state index contributed by atoms with van der Waals surface area (Å²) in [5.74, 6) is -6.21. The Kier molecular flexibility index (Phi) is 1.60. The SMILES string of the molecule is O=C1NC(=O)C(F)(F)c2ncccc21. The van der Waals surface area contributed by atoms with Crippen LogP contribution in [-0.2, 0) is 10.7 Å². The van der Waals surface area contributed by atoms with Gasteiger partial charge in [-0.25, -0.2) is 0 Å². The van der Waals surface area contributed by atoms with E-state index in [2.05, 4.69) is 4.98 Å². The first-order valence-corrected chi connectivity index (χ1v) is 3.72. The summed E-state index contributed by atoms with van der Waals surface area (Å²) in [4.78, 5) is 25.2. The van der Waals surface area contributed by atoms with Crippen LogP contribution in [0.1, 0.15) is 16.1 Å². The van der Waals surface area contributed by atoms with Crippen LogP contribution in [0.2, 0.25) is 0 Å². The third-order valence-electron chi connectivity index (χ3n) is 1.86. The summed E-state index contributed by atoms with van der Waals surface area (Å²) < 4.78 is 26.3. The largest absolute Gasteiger partial charge is 0.367 e. The zero-order chi connectivity index (χ0) is 10.3. The zero-order valence-corrected chi connectivity index (χ0v) is 6.75. The fraction of sp³-hybridized carbons (Fsp3) is 0.125. The molecule has 0 aromatic carbocycles. The van der Waals surface area contributed by atoms with Crippen molar-refractivity contribution in [1.29, 1.82) is 0 Å². The first kappa shape index (κ1) is 8.74. The van der Waals surface area contributed by atoms with E-state index in [4.69, 9.17) is 0 Å². The topological polar surface area (TPSA) is 59.1 Å². The fourth-order valence-corrected chi connectivity index (χ4v) is 1.20. The molecule has 72 valence electrons. The molecular formula is C8H4F2N2O2. The van der Waals surface area contributed by atoms with Crippen molar-refractivity contribution in [3.8, 4) is 0 Å². The lowest BCUT2D eigenvalue weighted by Crippen LogP contribution is -2.47. The number of carbonyl (C=O) groups is 2. The summed E-state index contributed by atoms with van der Waals surface area (Å²) in [5, 5.41) is 1.56. The molecule has 0 unspecified atom stereocenters. The highest BCUT2D eigenvalue weighted by atomic mass is 19.3. The molecular weight excluding hydrogens is 194 g/mol. The van der Waals surface area contributed by atoms with Crippen molar-refractivity contribution < 1.29 is 18.4 Å². The minimum absolute atomic E-state index is 0.267. The maximum absolute atomic E-state index is 13.1. The average molecular weight is 198 g/mol. The van der Waals surface area contributed by atoms with Gasteiger partial charge in [0.1, 0.15) is 5.69 Å². The van der Waals surface area contributed by atoms with Crippen LogP contribution in [0.3, 0.4) is 0 Å². The van der Waals surface area contributed by atoms with Gasteiger partial charge in [0.25, 0.3) is 5.91 Å². The summed E-state index contributed by atoms with van der Waals surface area (Å²) >= 11 is 0. The van der Waals surface area contributed by atoms with Crippen LogP contribution in [0.15, 0.2) is 18.3 Å². The van der Waals surface area contributed by atoms with Crippen LogP contribution in [0, 0.1) is 0 Å². The van der Waals surface area contributed by atoms with Crippen LogP contribution in [-0.4, -0.2) is 16.8 Å². The van der Waals surface area contributed by atoms with Crippen LogP contribution in [0.4, 0.5) is 8.78 Å². The van der Waals surface area contributed by atoms with E-state index in [1.165, 1.54) is 12.1 Å². The molecule has 4 nitrogen and oxygen atoms in total. The minimum atomic E-state index is -3.73. The van der Waals surface area contributed by atoms with Crippen LogP contribution < -0.4 is 5.32 Å². The van der Waals surface area contributed by atoms with E-state index in [0.717, 1.165) is 6.20 Å². The summed E-state index contributed by atoms with van der Waals surface area (Å²) in [7, 11) is 0. The van der Waals surface area contributed by atoms with Crippen LogP contribution in [0.5, 0.6) is 0 Å². The Morgan fingerprint density at radius 2 is 2.07 bits per heavy atom. The Hall–Kier alpha value is -1.85. The normalized spacial score (nSPS) is 18.7. The van der Waals surface area contributed by atoms with Crippen LogP contribution >= 0.6 is 0 Å². The van der Waals surface area contributed by atoms with Gasteiger partial charge >= 0.3 is 11.8 Å². The number of imide groups is 1. The van der Waals surface area contributed by atoms with E-state index in [-0.39, 0.29) is 5.56 Å². The van der Waals surface area contributed by atoms with Gasteiger partial charge in [-0.1, -0.05) is 0 Å². The quantitative estimate of drug-likeness (QED) is 0.615. The highest BCUT2D eigenvalue weighted by Crippen LogP contribution is 2.31. The van der Waals surface area contributed by atoms with Gasteiger partial charge in [0, 0.05) is 6.20 Å². The molecule has 1 aromatic rings. The van der Waals surface area contributed by atoms with E-state index in [0.29, 0.717) is 0 Å². The third-order valence-corrected chi connectivity index (χ3v) is 1.86. The van der Waals surface area contributed by atoms with Crippen molar-refractivity contribution in [1.82, 2.24) is 10.3 Å². The maximum Gasteiger partial charge on any atom is 0.367 e. The second-order valence-electron chi connectivity index (χ2n) is 2.76. The lowest BCUT2D eigenvalue weighted by Gasteiger charge is -2.21. The van der Waals surface area contributed by atoms with Crippen molar-refractivity contribution in [3.63, 3.8) is 0 Å². The summed E-state index contributed by atoms with van der Waals surface area (Å²) in [6.07, 6.45) is 1.11. The Morgan fingerprint density at radius 1 is 1.36 bits per heavy atom. The average Bonchev–Trinajstić information content (AvgIpc) is 2.16. The number of hydrogen-bond acceptors (Lipinski definition) is 3. The van der Waals surface area contributed by atoms with Crippen molar-refractivity contribution in [3.05, 3.63) is 29.6 Å². The molecule has 0 fully saturated rings. The molecule has 2 rings (SSSR count). The molecule has 1 aliphatic heterocycles. The minimum Gasteiger partial charge on any atom is -0.287 e. The van der Waals surface area contributed by atoms with Gasteiger partial charge in [-0.3, -0.25) is 19.9 Å². The van der Waals surface area contributed by atoms with E-state index < -0.39 is 23.4 Å².